The summed E-state index contributed by atoms with van der Waals surface area (Å²) in [5, 5.41) is 3.13. The highest BCUT2D eigenvalue weighted by molar-refractivity contribution is 5.97. The Hall–Kier alpha value is -2.56. The molecule has 2 fully saturated rings. The van der Waals surface area contributed by atoms with Crippen molar-refractivity contribution in [2.24, 2.45) is 5.92 Å². The van der Waals surface area contributed by atoms with Crippen LogP contribution in [0.3, 0.4) is 0 Å². The molecule has 1 saturated carbocycles. The van der Waals surface area contributed by atoms with Crippen molar-refractivity contribution in [2.45, 2.75) is 44.4 Å². The molecule has 2 aliphatic carbocycles. The molecule has 0 radical (unpaired) electrons. The molecule has 0 bridgehead atoms. The Kier molecular flexibility index (Phi) is 3.08. The van der Waals surface area contributed by atoms with E-state index in [1.807, 2.05) is 0 Å². The van der Waals surface area contributed by atoms with Crippen LogP contribution in [0.2, 0.25) is 0 Å². The number of carbonyl (C=O) groups excluding carboxylic acids is 2. The van der Waals surface area contributed by atoms with E-state index in [1.165, 1.54) is 35.8 Å². The molecular formula is C20H19NO4. The molecule has 2 aliphatic heterocycles. The van der Waals surface area contributed by atoms with Gasteiger partial charge in [0.15, 0.2) is 0 Å². The molecule has 0 aromatic heterocycles. The zero-order chi connectivity index (χ0) is 17.1. The van der Waals surface area contributed by atoms with E-state index in [0.29, 0.717) is 17.1 Å². The van der Waals surface area contributed by atoms with Gasteiger partial charge in [-0.1, -0.05) is 18.2 Å². The van der Waals surface area contributed by atoms with E-state index >= 15 is 0 Å². The summed E-state index contributed by atoms with van der Waals surface area (Å²) in [7, 11) is 0. The molecule has 2 heterocycles. The van der Waals surface area contributed by atoms with Gasteiger partial charge in [0, 0.05) is 17.6 Å². The van der Waals surface area contributed by atoms with Crippen LogP contribution in [0, 0.1) is 5.92 Å². The van der Waals surface area contributed by atoms with E-state index in [4.69, 9.17) is 9.47 Å². The Morgan fingerprint density at radius 3 is 2.84 bits per heavy atom. The largest absolute Gasteiger partial charge is 0.458 e. The summed E-state index contributed by atoms with van der Waals surface area (Å²) in [6.07, 6.45) is 5.69. The number of ether oxygens (including phenoxy) is 2. The SMILES string of the molecule is CC1=C[C@H](O/C=C2/C(=O)N[C@@H]3c4c(cccc4C4CC4)C[C@H]23)OC1=O. The van der Waals surface area contributed by atoms with Gasteiger partial charge in [0.2, 0.25) is 0 Å². The van der Waals surface area contributed by atoms with Gasteiger partial charge in [-0.25, -0.2) is 4.79 Å². The summed E-state index contributed by atoms with van der Waals surface area (Å²) >= 11 is 0. The van der Waals surface area contributed by atoms with Crippen LogP contribution in [0.4, 0.5) is 0 Å². The van der Waals surface area contributed by atoms with Gasteiger partial charge in [0.05, 0.1) is 17.9 Å². The maximum atomic E-state index is 12.4. The highest BCUT2D eigenvalue weighted by Crippen LogP contribution is 2.51. The normalized spacial score (nSPS) is 31.5. The number of carbonyl (C=O) groups is 2. The zero-order valence-electron chi connectivity index (χ0n) is 14.0. The predicted molar refractivity (Wildman–Crippen MR) is 89.3 cm³/mol. The average molecular weight is 337 g/mol. The topological polar surface area (TPSA) is 64.6 Å². The smallest absolute Gasteiger partial charge is 0.336 e. The number of cyclic esters (lactones) is 1. The third kappa shape index (κ3) is 2.29. The van der Waals surface area contributed by atoms with Gasteiger partial charge in [-0.2, -0.15) is 0 Å². The summed E-state index contributed by atoms with van der Waals surface area (Å²) in [4.78, 5) is 23.9. The van der Waals surface area contributed by atoms with Crippen molar-refractivity contribution in [1.82, 2.24) is 5.32 Å². The lowest BCUT2D eigenvalue weighted by Crippen LogP contribution is -2.20. The van der Waals surface area contributed by atoms with Crippen molar-refractivity contribution in [1.29, 1.82) is 0 Å². The van der Waals surface area contributed by atoms with Gasteiger partial charge in [-0.3, -0.25) is 4.79 Å². The van der Waals surface area contributed by atoms with Crippen molar-refractivity contribution >= 4 is 11.9 Å². The van der Waals surface area contributed by atoms with Crippen LogP contribution >= 0.6 is 0 Å². The molecular weight excluding hydrogens is 318 g/mol. The molecule has 0 spiro atoms. The van der Waals surface area contributed by atoms with E-state index in [-0.39, 0.29) is 23.8 Å². The standard InChI is InChI=1S/C20H19NO4/c1-10-7-16(25-20(10)23)24-9-15-14-8-12-3-2-4-13(11-5-6-11)17(12)18(14)21-19(15)22/h2-4,7,9,11,14,16,18H,5-6,8H2,1H3,(H,21,22)/b15-9+/t14-,16-,18+/m1/s1. The molecule has 25 heavy (non-hydrogen) atoms. The van der Waals surface area contributed by atoms with Crippen LogP contribution < -0.4 is 5.32 Å². The lowest BCUT2D eigenvalue weighted by molar-refractivity contribution is -0.152. The number of hydrogen-bond donors (Lipinski definition) is 1. The van der Waals surface area contributed by atoms with Crippen molar-refractivity contribution in [3.63, 3.8) is 0 Å². The second kappa shape index (κ2) is 5.22. The molecule has 5 rings (SSSR count). The van der Waals surface area contributed by atoms with Gasteiger partial charge in [0.1, 0.15) is 0 Å². The summed E-state index contributed by atoms with van der Waals surface area (Å²) in [5.41, 5.74) is 5.20. The molecule has 5 heteroatoms. The second-order valence-electron chi connectivity index (χ2n) is 7.29. The molecule has 1 N–H and O–H groups in total. The molecule has 4 aliphatic rings. The fourth-order valence-electron chi connectivity index (χ4n) is 4.20. The van der Waals surface area contributed by atoms with E-state index < -0.39 is 6.29 Å². The highest BCUT2D eigenvalue weighted by Gasteiger charge is 2.46. The number of rotatable bonds is 3. The van der Waals surface area contributed by atoms with Crippen LogP contribution in [0.5, 0.6) is 0 Å². The number of esters is 1. The van der Waals surface area contributed by atoms with Crippen LogP contribution in [0.15, 0.2) is 41.7 Å². The number of nitrogens with one attached hydrogen (secondary N) is 1. The fourth-order valence-corrected chi connectivity index (χ4v) is 4.20. The molecule has 3 atom stereocenters. The van der Waals surface area contributed by atoms with Crippen LogP contribution in [0.25, 0.3) is 0 Å². The molecule has 128 valence electrons. The fraction of sp³-hybridized carbons (Fsp3) is 0.400. The van der Waals surface area contributed by atoms with Gasteiger partial charge in [-0.05, 0) is 48.8 Å². The lowest BCUT2D eigenvalue weighted by Gasteiger charge is -2.14. The minimum absolute atomic E-state index is 0.0394. The summed E-state index contributed by atoms with van der Waals surface area (Å²) < 4.78 is 10.6. The first-order valence-electron chi connectivity index (χ1n) is 8.79. The van der Waals surface area contributed by atoms with Gasteiger partial charge in [-0.15, -0.1) is 0 Å². The van der Waals surface area contributed by atoms with Gasteiger partial charge >= 0.3 is 5.97 Å². The maximum absolute atomic E-state index is 12.4. The minimum Gasteiger partial charge on any atom is -0.458 e. The summed E-state index contributed by atoms with van der Waals surface area (Å²) in [6.45, 7) is 1.68. The van der Waals surface area contributed by atoms with Crippen molar-refractivity contribution in [3.05, 3.63) is 58.4 Å². The number of amides is 1. The lowest BCUT2D eigenvalue weighted by atomic mass is 9.95. The number of fused-ring (bicyclic) bond motifs is 3. The van der Waals surface area contributed by atoms with Crippen LogP contribution in [0.1, 0.15) is 48.4 Å². The van der Waals surface area contributed by atoms with Crippen molar-refractivity contribution in [2.75, 3.05) is 0 Å². The first kappa shape index (κ1) is 14.8. The number of hydrogen-bond acceptors (Lipinski definition) is 4. The van der Waals surface area contributed by atoms with Crippen molar-refractivity contribution < 1.29 is 19.1 Å². The molecule has 0 unspecified atom stereocenters. The Morgan fingerprint density at radius 2 is 2.12 bits per heavy atom. The summed E-state index contributed by atoms with van der Waals surface area (Å²) in [6, 6.07) is 6.53. The number of benzene rings is 1. The first-order chi connectivity index (χ1) is 12.1. The monoisotopic (exact) mass is 337 g/mol. The Bertz CT molecular complexity index is 849. The summed E-state index contributed by atoms with van der Waals surface area (Å²) in [5.74, 6) is 0.279. The van der Waals surface area contributed by atoms with Crippen molar-refractivity contribution in [3.8, 4) is 0 Å². The van der Waals surface area contributed by atoms with E-state index in [0.717, 1.165) is 6.42 Å². The van der Waals surface area contributed by atoms with Crippen LogP contribution in [-0.2, 0) is 25.5 Å². The molecule has 1 amide bonds. The Balaban J connectivity index is 1.41. The predicted octanol–water partition coefficient (Wildman–Crippen LogP) is 2.64. The third-order valence-corrected chi connectivity index (χ3v) is 5.61. The third-order valence-electron chi connectivity index (χ3n) is 5.61. The average Bonchev–Trinajstić information content (AvgIpc) is 3.22. The van der Waals surface area contributed by atoms with E-state index in [9.17, 15) is 9.59 Å². The Labute approximate surface area is 145 Å². The quantitative estimate of drug-likeness (QED) is 0.523. The minimum atomic E-state index is -0.738. The zero-order valence-corrected chi connectivity index (χ0v) is 14.0. The molecule has 5 nitrogen and oxygen atoms in total. The van der Waals surface area contributed by atoms with E-state index in [1.54, 1.807) is 13.0 Å². The van der Waals surface area contributed by atoms with Gasteiger partial charge < -0.3 is 14.8 Å². The molecule has 1 aromatic rings. The molecule has 1 aromatic carbocycles. The van der Waals surface area contributed by atoms with E-state index in [2.05, 4.69) is 23.5 Å². The molecule has 1 saturated heterocycles. The first-order valence-corrected chi connectivity index (χ1v) is 8.79. The van der Waals surface area contributed by atoms with Gasteiger partial charge in [0.25, 0.3) is 12.2 Å². The Morgan fingerprint density at radius 1 is 1.28 bits per heavy atom. The highest BCUT2D eigenvalue weighted by atomic mass is 16.7. The second-order valence-corrected chi connectivity index (χ2v) is 7.29. The van der Waals surface area contributed by atoms with Crippen LogP contribution in [-0.4, -0.2) is 18.2 Å². The maximum Gasteiger partial charge on any atom is 0.336 e.